The highest BCUT2D eigenvalue weighted by atomic mass is 16.3. The number of hydrogen-bond donors (Lipinski definition) is 2. The Morgan fingerprint density at radius 3 is 2.52 bits per heavy atom. The lowest BCUT2D eigenvalue weighted by Crippen LogP contribution is -2.36. The van der Waals surface area contributed by atoms with Gasteiger partial charge in [0.2, 0.25) is 0 Å². The van der Waals surface area contributed by atoms with Gasteiger partial charge in [-0.15, -0.1) is 0 Å². The molecule has 0 bridgehead atoms. The molecule has 0 fully saturated rings. The first-order valence-electron chi connectivity index (χ1n) is 13.6. The summed E-state index contributed by atoms with van der Waals surface area (Å²) in [6, 6.07) is 32.5. The van der Waals surface area contributed by atoms with Gasteiger partial charge in [-0.1, -0.05) is 85.0 Å². The molecule has 7 aromatic rings. The maximum atomic E-state index is 6.49. The number of para-hydroxylation sites is 1. The number of aliphatic imine (C=N–C) groups is 1. The molecular weight excluding hydrogens is 490 g/mol. The van der Waals surface area contributed by atoms with Gasteiger partial charge in [0.25, 0.3) is 0 Å². The number of nitrogens with zero attached hydrogens (tertiary/aromatic N) is 1. The van der Waals surface area contributed by atoms with Crippen molar-refractivity contribution in [1.82, 2.24) is 10.3 Å². The second-order valence-electron chi connectivity index (χ2n) is 10.5. The number of aromatic nitrogens is 1. The van der Waals surface area contributed by atoms with Crippen LogP contribution in [0.1, 0.15) is 5.56 Å². The summed E-state index contributed by atoms with van der Waals surface area (Å²) < 4.78 is 6.49. The molecule has 4 nitrogen and oxygen atoms in total. The van der Waals surface area contributed by atoms with E-state index in [1.165, 1.54) is 21.7 Å². The summed E-state index contributed by atoms with van der Waals surface area (Å²) >= 11 is 0. The molecule has 0 amide bonds. The fourth-order valence-electron chi connectivity index (χ4n) is 6.33. The van der Waals surface area contributed by atoms with Crippen molar-refractivity contribution in [2.75, 3.05) is 0 Å². The van der Waals surface area contributed by atoms with E-state index >= 15 is 0 Å². The molecular formula is C36H23N3O. The third-order valence-corrected chi connectivity index (χ3v) is 8.27. The fraction of sp³-hybridized carbons (Fsp3) is 0.0278. The van der Waals surface area contributed by atoms with Gasteiger partial charge in [0, 0.05) is 32.6 Å². The summed E-state index contributed by atoms with van der Waals surface area (Å²) in [6.45, 7) is 0. The number of furan rings is 1. The number of allylic oxidation sites excluding steroid dienone is 2. The zero-order valence-electron chi connectivity index (χ0n) is 21.5. The normalized spacial score (nSPS) is 16.6. The highest BCUT2D eigenvalue weighted by molar-refractivity contribution is 6.18. The first-order valence-corrected chi connectivity index (χ1v) is 13.6. The van der Waals surface area contributed by atoms with Crippen LogP contribution < -0.4 is 5.32 Å². The molecule has 1 unspecified atom stereocenters. The highest BCUT2D eigenvalue weighted by Crippen LogP contribution is 2.39. The maximum absolute atomic E-state index is 6.49. The Bertz CT molecular complexity index is 2300. The SMILES string of the molecule is C1=CC2=NC=C(c3cccc4c3[nH]c3cc5c(cc34)oc3cc(-c4cccc6ccccc46)ccc35)NC2C=C1. The van der Waals surface area contributed by atoms with Gasteiger partial charge >= 0.3 is 0 Å². The average molecular weight is 514 g/mol. The summed E-state index contributed by atoms with van der Waals surface area (Å²) in [5.74, 6) is 0. The molecule has 1 atom stereocenters. The number of aromatic amines is 1. The van der Waals surface area contributed by atoms with E-state index in [1.807, 2.05) is 12.3 Å². The van der Waals surface area contributed by atoms with Gasteiger partial charge in [-0.25, -0.2) is 0 Å². The van der Waals surface area contributed by atoms with Crippen molar-refractivity contribution in [2.45, 2.75) is 6.04 Å². The van der Waals surface area contributed by atoms with Crippen LogP contribution in [0.4, 0.5) is 0 Å². The largest absolute Gasteiger partial charge is 0.456 e. The predicted molar refractivity (Wildman–Crippen MR) is 167 cm³/mol. The molecule has 9 rings (SSSR count). The Kier molecular flexibility index (Phi) is 4.35. The second kappa shape index (κ2) is 8.08. The molecule has 2 N–H and O–H groups in total. The summed E-state index contributed by atoms with van der Waals surface area (Å²) in [4.78, 5) is 8.43. The number of rotatable bonds is 2. The van der Waals surface area contributed by atoms with Crippen LogP contribution in [0.5, 0.6) is 0 Å². The van der Waals surface area contributed by atoms with E-state index in [4.69, 9.17) is 9.41 Å². The standard InChI is InChI=1S/C36H23N3O/c1-2-9-23-21(7-1)8-5-10-24(23)22-15-16-25-29-18-32-28(19-35(29)40-34(25)17-22)26-11-6-12-27(36(26)39-32)33-20-37-30-13-3-4-14-31(30)38-33/h1-20,31,38-39H. The van der Waals surface area contributed by atoms with E-state index in [1.54, 1.807) is 0 Å². The molecule has 1 aliphatic carbocycles. The van der Waals surface area contributed by atoms with Crippen molar-refractivity contribution in [3.05, 3.63) is 127 Å². The number of hydrogen-bond acceptors (Lipinski definition) is 3. The van der Waals surface area contributed by atoms with Gasteiger partial charge < -0.3 is 14.7 Å². The van der Waals surface area contributed by atoms with Crippen molar-refractivity contribution in [3.8, 4) is 11.1 Å². The molecule has 0 radical (unpaired) electrons. The maximum Gasteiger partial charge on any atom is 0.136 e. The summed E-state index contributed by atoms with van der Waals surface area (Å²) in [6.07, 6.45) is 10.2. The molecule has 188 valence electrons. The fourth-order valence-corrected chi connectivity index (χ4v) is 6.33. The van der Waals surface area contributed by atoms with Crippen molar-refractivity contribution < 1.29 is 4.42 Å². The van der Waals surface area contributed by atoms with E-state index in [0.29, 0.717) is 0 Å². The summed E-state index contributed by atoms with van der Waals surface area (Å²) in [5, 5.41) is 10.7. The third-order valence-electron chi connectivity index (χ3n) is 8.27. The monoisotopic (exact) mass is 513 g/mol. The van der Waals surface area contributed by atoms with Crippen LogP contribution in [0.25, 0.3) is 71.3 Å². The smallest absolute Gasteiger partial charge is 0.136 e. The van der Waals surface area contributed by atoms with Gasteiger partial charge in [0.1, 0.15) is 11.2 Å². The van der Waals surface area contributed by atoms with Gasteiger partial charge in [-0.3, -0.25) is 4.99 Å². The first kappa shape index (κ1) is 21.6. The molecule has 3 heterocycles. The number of fused-ring (bicyclic) bond motifs is 8. The van der Waals surface area contributed by atoms with Crippen LogP contribution in [0.15, 0.2) is 131 Å². The zero-order chi connectivity index (χ0) is 26.2. The van der Waals surface area contributed by atoms with Crippen molar-refractivity contribution in [3.63, 3.8) is 0 Å². The molecule has 1 aliphatic heterocycles. The lowest BCUT2D eigenvalue weighted by molar-refractivity contribution is 0.669. The van der Waals surface area contributed by atoms with Crippen molar-refractivity contribution in [2.24, 2.45) is 4.99 Å². The molecule has 0 saturated carbocycles. The molecule has 40 heavy (non-hydrogen) atoms. The van der Waals surface area contributed by atoms with E-state index in [2.05, 4.69) is 120 Å². The molecule has 4 heteroatoms. The van der Waals surface area contributed by atoms with Crippen LogP contribution in [0, 0.1) is 0 Å². The second-order valence-corrected chi connectivity index (χ2v) is 10.5. The van der Waals surface area contributed by atoms with E-state index < -0.39 is 0 Å². The number of nitrogens with one attached hydrogen (secondary N) is 2. The minimum atomic E-state index is 0.0945. The van der Waals surface area contributed by atoms with E-state index in [-0.39, 0.29) is 6.04 Å². The molecule has 5 aromatic carbocycles. The van der Waals surface area contributed by atoms with Gasteiger partial charge in [-0.05, 0) is 52.2 Å². The molecule has 2 aliphatic rings. The van der Waals surface area contributed by atoms with E-state index in [0.717, 1.165) is 60.9 Å². The zero-order valence-corrected chi connectivity index (χ0v) is 21.5. The quantitative estimate of drug-likeness (QED) is 0.243. The first-order chi connectivity index (χ1) is 19.8. The van der Waals surface area contributed by atoms with Crippen LogP contribution in [0.3, 0.4) is 0 Å². The number of benzene rings is 5. The molecule has 2 aromatic heterocycles. The minimum Gasteiger partial charge on any atom is -0.456 e. The lowest BCUT2D eigenvalue weighted by Gasteiger charge is -2.24. The number of H-pyrrole nitrogens is 1. The lowest BCUT2D eigenvalue weighted by atomic mass is 9.97. The van der Waals surface area contributed by atoms with Crippen molar-refractivity contribution >= 4 is 65.9 Å². The molecule has 0 saturated heterocycles. The Hall–Kier alpha value is -5.35. The van der Waals surface area contributed by atoms with Gasteiger partial charge in [0.15, 0.2) is 0 Å². The Morgan fingerprint density at radius 2 is 1.52 bits per heavy atom. The Balaban J connectivity index is 1.19. The summed E-state index contributed by atoms with van der Waals surface area (Å²) in [7, 11) is 0. The predicted octanol–water partition coefficient (Wildman–Crippen LogP) is 8.88. The third kappa shape index (κ3) is 3.10. The van der Waals surface area contributed by atoms with Crippen LogP contribution in [-0.4, -0.2) is 16.7 Å². The topological polar surface area (TPSA) is 53.3 Å². The van der Waals surface area contributed by atoms with Gasteiger partial charge in [0.05, 0.1) is 29.2 Å². The van der Waals surface area contributed by atoms with Crippen molar-refractivity contribution in [1.29, 1.82) is 0 Å². The summed E-state index contributed by atoms with van der Waals surface area (Å²) in [5.41, 5.74) is 9.52. The Morgan fingerprint density at radius 1 is 0.675 bits per heavy atom. The van der Waals surface area contributed by atoms with Crippen LogP contribution in [-0.2, 0) is 0 Å². The Labute approximate surface area is 229 Å². The van der Waals surface area contributed by atoms with Gasteiger partial charge in [-0.2, -0.15) is 0 Å². The van der Waals surface area contributed by atoms with Crippen LogP contribution >= 0.6 is 0 Å². The average Bonchev–Trinajstić information content (AvgIpc) is 3.56. The highest BCUT2D eigenvalue weighted by Gasteiger charge is 2.21. The molecule has 0 spiro atoms. The van der Waals surface area contributed by atoms with E-state index in [9.17, 15) is 0 Å². The minimum absolute atomic E-state index is 0.0945. The van der Waals surface area contributed by atoms with Crippen LogP contribution in [0.2, 0.25) is 0 Å².